The molecule has 0 radical (unpaired) electrons. The van der Waals surface area contributed by atoms with Crippen LogP contribution in [0.5, 0.6) is 0 Å². The fraction of sp³-hybridized carbons (Fsp3) is 0.423. The molecular weight excluding hydrogens is 399 g/mol. The SMILES string of the molecule is C=C(NC(=C)c1cccnc1)Nc1cc(P)ccc1N1CCCCCCC1.CC.CC. The number of nitrogens with one attached hydrogen (secondary N) is 2. The maximum Gasteiger partial charge on any atom is 0.100 e. The van der Waals surface area contributed by atoms with Gasteiger partial charge in [0.15, 0.2) is 0 Å². The van der Waals surface area contributed by atoms with Crippen molar-refractivity contribution in [2.45, 2.75) is 59.8 Å². The van der Waals surface area contributed by atoms with Gasteiger partial charge in [-0.3, -0.25) is 4.98 Å². The summed E-state index contributed by atoms with van der Waals surface area (Å²) < 4.78 is 0. The molecule has 1 fully saturated rings. The van der Waals surface area contributed by atoms with Crippen LogP contribution in [0.3, 0.4) is 0 Å². The van der Waals surface area contributed by atoms with Crippen molar-refractivity contribution in [3.05, 3.63) is 67.3 Å². The van der Waals surface area contributed by atoms with Crippen LogP contribution in [0.4, 0.5) is 11.4 Å². The van der Waals surface area contributed by atoms with Gasteiger partial charge in [0.25, 0.3) is 0 Å². The molecule has 4 nitrogen and oxygen atoms in total. The van der Waals surface area contributed by atoms with Crippen LogP contribution in [0.2, 0.25) is 0 Å². The van der Waals surface area contributed by atoms with E-state index in [0.29, 0.717) is 5.82 Å². The van der Waals surface area contributed by atoms with E-state index in [0.717, 1.165) is 35.3 Å². The van der Waals surface area contributed by atoms with Gasteiger partial charge in [-0.25, -0.2) is 0 Å². The fourth-order valence-electron chi connectivity index (χ4n) is 3.41. The lowest BCUT2D eigenvalue weighted by Gasteiger charge is -2.29. The third kappa shape index (κ3) is 9.14. The standard InChI is InChI=1S/C22H29N4P.2C2H6/c1-17(19-9-8-12-23-16-19)24-18(2)25-21-15-20(27)10-11-22(21)26-13-6-4-3-5-7-14-26;2*1-2/h8-12,15-16,24-25H,1-7,13-14,27H2;2*1-2H3. The predicted octanol–water partition coefficient (Wildman–Crippen LogP) is 6.55. The second kappa shape index (κ2) is 15.5. The first-order chi connectivity index (χ1) is 15.1. The van der Waals surface area contributed by atoms with Gasteiger partial charge in [0.05, 0.1) is 11.4 Å². The van der Waals surface area contributed by atoms with Crippen molar-refractivity contribution in [1.82, 2.24) is 10.3 Å². The molecule has 1 unspecified atom stereocenters. The summed E-state index contributed by atoms with van der Waals surface area (Å²) >= 11 is 0. The molecule has 2 aromatic rings. The molecule has 1 atom stereocenters. The molecule has 0 amide bonds. The van der Waals surface area contributed by atoms with Crippen LogP contribution in [0.1, 0.15) is 65.4 Å². The highest BCUT2D eigenvalue weighted by molar-refractivity contribution is 7.27. The van der Waals surface area contributed by atoms with E-state index in [2.05, 4.69) is 61.1 Å². The molecule has 170 valence electrons. The van der Waals surface area contributed by atoms with Crippen LogP contribution in [0, 0.1) is 0 Å². The molecule has 5 heteroatoms. The zero-order chi connectivity index (χ0) is 23.1. The summed E-state index contributed by atoms with van der Waals surface area (Å²) in [7, 11) is 2.77. The minimum atomic E-state index is 0.702. The summed E-state index contributed by atoms with van der Waals surface area (Å²) in [6.07, 6.45) is 10.0. The van der Waals surface area contributed by atoms with E-state index < -0.39 is 0 Å². The average Bonchev–Trinajstić information content (AvgIpc) is 2.78. The molecule has 0 spiro atoms. The highest BCUT2D eigenvalue weighted by Crippen LogP contribution is 2.28. The van der Waals surface area contributed by atoms with E-state index in [4.69, 9.17) is 0 Å². The van der Waals surface area contributed by atoms with Gasteiger partial charge in [0, 0.05) is 36.7 Å². The first-order valence-electron chi connectivity index (χ1n) is 11.6. The maximum atomic E-state index is 4.14. The molecule has 0 saturated carbocycles. The molecular formula is C26H41N4P. The number of hydrogen-bond donors (Lipinski definition) is 2. The van der Waals surface area contributed by atoms with Crippen molar-refractivity contribution in [3.63, 3.8) is 0 Å². The van der Waals surface area contributed by atoms with E-state index in [9.17, 15) is 0 Å². The second-order valence-electron chi connectivity index (χ2n) is 6.98. The molecule has 1 aliphatic heterocycles. The number of anilines is 2. The van der Waals surface area contributed by atoms with Gasteiger partial charge in [-0.2, -0.15) is 0 Å². The summed E-state index contributed by atoms with van der Waals surface area (Å²) in [5, 5.41) is 7.84. The van der Waals surface area contributed by atoms with E-state index in [1.54, 1.807) is 12.4 Å². The van der Waals surface area contributed by atoms with Crippen LogP contribution in [0.25, 0.3) is 5.70 Å². The molecule has 2 heterocycles. The van der Waals surface area contributed by atoms with Crippen LogP contribution < -0.4 is 20.8 Å². The highest BCUT2D eigenvalue weighted by Gasteiger charge is 2.14. The van der Waals surface area contributed by atoms with Gasteiger partial charge >= 0.3 is 0 Å². The Kier molecular flexibility index (Phi) is 13.3. The third-order valence-corrected chi connectivity index (χ3v) is 5.17. The van der Waals surface area contributed by atoms with Crippen molar-refractivity contribution in [2.75, 3.05) is 23.3 Å². The molecule has 1 aromatic carbocycles. The Balaban J connectivity index is 0.00000113. The monoisotopic (exact) mass is 440 g/mol. The largest absolute Gasteiger partial charge is 0.370 e. The maximum absolute atomic E-state index is 4.14. The second-order valence-corrected chi connectivity index (χ2v) is 7.65. The van der Waals surface area contributed by atoms with Crippen LogP contribution in [-0.4, -0.2) is 18.1 Å². The number of benzene rings is 1. The Hall–Kier alpha value is -2.32. The van der Waals surface area contributed by atoms with Crippen molar-refractivity contribution < 1.29 is 0 Å². The first-order valence-corrected chi connectivity index (χ1v) is 12.2. The zero-order valence-corrected chi connectivity index (χ0v) is 21.0. The molecule has 1 aromatic heterocycles. The average molecular weight is 441 g/mol. The topological polar surface area (TPSA) is 40.2 Å². The van der Waals surface area contributed by atoms with Crippen molar-refractivity contribution in [1.29, 1.82) is 0 Å². The Morgan fingerprint density at radius 2 is 1.61 bits per heavy atom. The number of pyridine rings is 1. The Morgan fingerprint density at radius 3 is 2.23 bits per heavy atom. The summed E-state index contributed by atoms with van der Waals surface area (Å²) in [5.74, 6) is 0.702. The molecule has 3 rings (SSSR count). The molecule has 1 aliphatic rings. The lowest BCUT2D eigenvalue weighted by molar-refractivity contribution is 0.557. The van der Waals surface area contributed by atoms with Crippen molar-refractivity contribution in [2.24, 2.45) is 0 Å². The quantitative estimate of drug-likeness (QED) is 0.500. The van der Waals surface area contributed by atoms with Crippen LogP contribution in [-0.2, 0) is 0 Å². The summed E-state index contributed by atoms with van der Waals surface area (Å²) in [5.41, 5.74) is 4.03. The molecule has 0 bridgehead atoms. The molecule has 1 saturated heterocycles. The van der Waals surface area contributed by atoms with E-state index in [-0.39, 0.29) is 0 Å². The zero-order valence-electron chi connectivity index (χ0n) is 19.9. The first kappa shape index (κ1) is 26.7. The van der Waals surface area contributed by atoms with Gasteiger partial charge < -0.3 is 15.5 Å². The van der Waals surface area contributed by atoms with Crippen molar-refractivity contribution >= 4 is 31.6 Å². The lowest BCUT2D eigenvalue weighted by atomic mass is 10.1. The van der Waals surface area contributed by atoms with E-state index in [1.807, 2.05) is 39.8 Å². The van der Waals surface area contributed by atoms with Crippen molar-refractivity contribution in [3.8, 4) is 0 Å². The van der Waals surface area contributed by atoms with Gasteiger partial charge in [-0.05, 0) is 42.4 Å². The molecule has 2 N–H and O–H groups in total. The number of aromatic nitrogens is 1. The normalized spacial score (nSPS) is 13.3. The Labute approximate surface area is 192 Å². The lowest BCUT2D eigenvalue weighted by Crippen LogP contribution is -2.28. The third-order valence-electron chi connectivity index (χ3n) is 4.81. The number of hydrogen-bond acceptors (Lipinski definition) is 4. The summed E-state index contributed by atoms with van der Waals surface area (Å²) in [6.45, 7) is 18.4. The minimum absolute atomic E-state index is 0.702. The highest BCUT2D eigenvalue weighted by atomic mass is 31.0. The van der Waals surface area contributed by atoms with E-state index in [1.165, 1.54) is 37.8 Å². The van der Waals surface area contributed by atoms with Gasteiger partial charge in [-0.1, -0.05) is 66.2 Å². The fourth-order valence-corrected chi connectivity index (χ4v) is 3.67. The van der Waals surface area contributed by atoms with Crippen LogP contribution in [0.15, 0.2) is 61.7 Å². The summed E-state index contributed by atoms with van der Waals surface area (Å²) in [6, 6.07) is 10.4. The minimum Gasteiger partial charge on any atom is -0.370 e. The molecule has 0 aliphatic carbocycles. The Bertz CT molecular complexity index is 781. The molecule has 31 heavy (non-hydrogen) atoms. The van der Waals surface area contributed by atoms with Gasteiger partial charge in [0.1, 0.15) is 5.82 Å². The smallest absolute Gasteiger partial charge is 0.100 e. The summed E-state index contributed by atoms with van der Waals surface area (Å²) in [4.78, 5) is 6.63. The predicted molar refractivity (Wildman–Crippen MR) is 143 cm³/mol. The number of rotatable bonds is 6. The van der Waals surface area contributed by atoms with Gasteiger partial charge in [0.2, 0.25) is 0 Å². The Morgan fingerprint density at radius 1 is 0.968 bits per heavy atom. The number of nitrogens with zero attached hydrogens (tertiary/aromatic N) is 2. The van der Waals surface area contributed by atoms with Gasteiger partial charge in [-0.15, -0.1) is 9.24 Å². The van der Waals surface area contributed by atoms with Crippen LogP contribution >= 0.6 is 9.24 Å². The van der Waals surface area contributed by atoms with E-state index >= 15 is 0 Å².